The van der Waals surface area contributed by atoms with Crippen LogP contribution in [-0.4, -0.2) is 82.2 Å². The van der Waals surface area contributed by atoms with Gasteiger partial charge in [0, 0.05) is 85.1 Å². The van der Waals surface area contributed by atoms with E-state index in [-0.39, 0.29) is 0 Å². The molecule has 232 valence electrons. The molecule has 44 heavy (non-hydrogen) atoms. The lowest BCUT2D eigenvalue weighted by molar-refractivity contribution is 0.0794. The molecular weight excluding hydrogens is 636 g/mol. The number of piperazine rings is 1. The predicted molar refractivity (Wildman–Crippen MR) is 185 cm³/mol. The number of aromatic nitrogens is 3. The molecule has 0 bridgehead atoms. The SMILES string of the molecule is Cc1cc(N2CCC(N3CCN(C)CC3)CC2)c(-c2cscn2)cc1Nc1ncc(Br)c(Nc2ccccc2C(C)(C)O)n1. The fraction of sp³-hybridized carbons (Fsp3) is 0.424. The van der Waals surface area contributed by atoms with Crippen LogP contribution >= 0.6 is 27.3 Å². The topological polar surface area (TPSA) is 92.7 Å². The Morgan fingerprint density at radius 1 is 0.977 bits per heavy atom. The highest BCUT2D eigenvalue weighted by atomic mass is 79.9. The lowest BCUT2D eigenvalue weighted by Crippen LogP contribution is -2.52. The van der Waals surface area contributed by atoms with Gasteiger partial charge >= 0.3 is 0 Å². The van der Waals surface area contributed by atoms with Crippen LogP contribution < -0.4 is 15.5 Å². The number of para-hydroxylation sites is 1. The summed E-state index contributed by atoms with van der Waals surface area (Å²) in [5, 5.41) is 19.7. The van der Waals surface area contributed by atoms with E-state index >= 15 is 0 Å². The number of aliphatic hydroxyl groups is 1. The van der Waals surface area contributed by atoms with E-state index < -0.39 is 5.60 Å². The number of nitrogens with zero attached hydrogens (tertiary/aromatic N) is 6. The second kappa shape index (κ2) is 13.1. The average molecular weight is 678 g/mol. The zero-order valence-corrected chi connectivity index (χ0v) is 28.2. The van der Waals surface area contributed by atoms with Gasteiger partial charge in [0.15, 0.2) is 0 Å². The van der Waals surface area contributed by atoms with E-state index in [0.717, 1.165) is 64.4 Å². The van der Waals surface area contributed by atoms with Crippen LogP contribution in [0.2, 0.25) is 0 Å². The number of piperidine rings is 1. The Kier molecular flexibility index (Phi) is 9.21. The first-order chi connectivity index (χ1) is 21.2. The molecule has 2 aromatic heterocycles. The summed E-state index contributed by atoms with van der Waals surface area (Å²) in [5.41, 5.74) is 7.85. The van der Waals surface area contributed by atoms with E-state index in [2.05, 4.69) is 77.7 Å². The van der Waals surface area contributed by atoms with Crippen molar-refractivity contribution in [1.29, 1.82) is 0 Å². The third-order valence-electron chi connectivity index (χ3n) is 8.74. The van der Waals surface area contributed by atoms with E-state index in [1.165, 1.54) is 31.6 Å². The number of benzene rings is 2. The summed E-state index contributed by atoms with van der Waals surface area (Å²) in [6.45, 7) is 12.4. The molecule has 0 unspecified atom stereocenters. The van der Waals surface area contributed by atoms with Crippen molar-refractivity contribution in [3.63, 3.8) is 0 Å². The first kappa shape index (κ1) is 30.9. The van der Waals surface area contributed by atoms with Gasteiger partial charge in [-0.15, -0.1) is 11.3 Å². The molecular formula is C33H41BrN8OS. The summed E-state index contributed by atoms with van der Waals surface area (Å²) in [7, 11) is 2.22. The molecule has 0 saturated carbocycles. The molecule has 4 aromatic rings. The fourth-order valence-corrected chi connectivity index (χ4v) is 7.03. The zero-order chi connectivity index (χ0) is 30.8. The Labute approximate surface area is 272 Å². The Morgan fingerprint density at radius 3 is 2.43 bits per heavy atom. The number of rotatable bonds is 8. The highest BCUT2D eigenvalue weighted by Gasteiger charge is 2.28. The summed E-state index contributed by atoms with van der Waals surface area (Å²) < 4.78 is 0.726. The smallest absolute Gasteiger partial charge is 0.229 e. The van der Waals surface area contributed by atoms with Crippen molar-refractivity contribution in [2.24, 2.45) is 0 Å². The molecule has 2 saturated heterocycles. The van der Waals surface area contributed by atoms with Crippen molar-refractivity contribution in [2.75, 3.05) is 61.8 Å². The fourth-order valence-electron chi connectivity index (χ4n) is 6.19. The number of nitrogens with one attached hydrogen (secondary N) is 2. The van der Waals surface area contributed by atoms with Gasteiger partial charge in [0.2, 0.25) is 5.95 Å². The van der Waals surface area contributed by atoms with Gasteiger partial charge in [-0.05, 0) is 80.4 Å². The quantitative estimate of drug-likeness (QED) is 0.191. The summed E-state index contributed by atoms with van der Waals surface area (Å²) in [4.78, 5) is 21.7. The van der Waals surface area contributed by atoms with Crippen LogP contribution in [0.3, 0.4) is 0 Å². The molecule has 4 heterocycles. The van der Waals surface area contributed by atoms with E-state index in [1.807, 2.05) is 29.8 Å². The van der Waals surface area contributed by atoms with Crippen LogP contribution in [0.5, 0.6) is 0 Å². The molecule has 11 heteroatoms. The van der Waals surface area contributed by atoms with Gasteiger partial charge in [-0.1, -0.05) is 18.2 Å². The molecule has 2 aromatic carbocycles. The Balaban J connectivity index is 1.24. The van der Waals surface area contributed by atoms with Crippen LogP contribution in [0.1, 0.15) is 37.8 Å². The second-order valence-corrected chi connectivity index (χ2v) is 13.9. The number of aryl methyl sites for hydroxylation is 1. The third kappa shape index (κ3) is 6.92. The van der Waals surface area contributed by atoms with Gasteiger partial charge in [0.1, 0.15) is 5.82 Å². The molecule has 0 aliphatic carbocycles. The van der Waals surface area contributed by atoms with Gasteiger partial charge in [0.25, 0.3) is 0 Å². The van der Waals surface area contributed by atoms with Crippen LogP contribution in [-0.2, 0) is 5.60 Å². The van der Waals surface area contributed by atoms with Crippen molar-refractivity contribution in [3.8, 4) is 11.3 Å². The molecule has 2 aliphatic heterocycles. The van der Waals surface area contributed by atoms with E-state index in [1.54, 1.807) is 31.4 Å². The third-order valence-corrected chi connectivity index (χ3v) is 9.91. The number of hydrogen-bond donors (Lipinski definition) is 3. The largest absolute Gasteiger partial charge is 0.386 e. The van der Waals surface area contributed by atoms with Crippen molar-refractivity contribution in [2.45, 2.75) is 45.3 Å². The lowest BCUT2D eigenvalue weighted by atomic mass is 9.96. The minimum atomic E-state index is -1.00. The van der Waals surface area contributed by atoms with Crippen LogP contribution in [0.4, 0.5) is 28.8 Å². The Morgan fingerprint density at radius 2 is 1.73 bits per heavy atom. The van der Waals surface area contributed by atoms with E-state index in [9.17, 15) is 5.11 Å². The van der Waals surface area contributed by atoms with E-state index in [0.29, 0.717) is 17.8 Å². The zero-order valence-electron chi connectivity index (χ0n) is 25.8. The molecule has 2 fully saturated rings. The molecule has 0 spiro atoms. The monoisotopic (exact) mass is 676 g/mol. The standard InChI is InChI=1S/C33H41BrN8OS/c1-22-17-30(42-11-9-23(10-12-42)41-15-13-40(4)14-16-41)24(29-20-44-21-36-29)18-28(22)38-32-35-19-26(34)31(39-32)37-27-8-6-5-7-25(27)33(2,3)43/h5-8,17-21,23,43H,9-16H2,1-4H3,(H2,35,37,38,39). The molecule has 0 radical (unpaired) electrons. The molecule has 3 N–H and O–H groups in total. The summed E-state index contributed by atoms with van der Waals surface area (Å²) in [5.74, 6) is 1.08. The molecule has 0 atom stereocenters. The van der Waals surface area contributed by atoms with Gasteiger partial charge in [-0.25, -0.2) is 9.97 Å². The lowest BCUT2D eigenvalue weighted by Gasteiger charge is -2.43. The van der Waals surface area contributed by atoms with Crippen molar-refractivity contribution < 1.29 is 5.11 Å². The van der Waals surface area contributed by atoms with Crippen LogP contribution in [0, 0.1) is 6.92 Å². The second-order valence-electron chi connectivity index (χ2n) is 12.4. The maximum Gasteiger partial charge on any atom is 0.229 e. The van der Waals surface area contributed by atoms with Crippen molar-refractivity contribution >= 4 is 56.1 Å². The summed E-state index contributed by atoms with van der Waals surface area (Å²) in [6.07, 6.45) is 4.09. The minimum Gasteiger partial charge on any atom is -0.386 e. The Hall–Kier alpha value is -3.09. The maximum atomic E-state index is 10.7. The average Bonchev–Trinajstić information content (AvgIpc) is 3.55. The van der Waals surface area contributed by atoms with E-state index in [4.69, 9.17) is 9.97 Å². The molecule has 6 rings (SSSR count). The first-order valence-corrected chi connectivity index (χ1v) is 17.0. The number of halogens is 1. The summed E-state index contributed by atoms with van der Waals surface area (Å²) >= 11 is 5.20. The minimum absolute atomic E-state index is 0.476. The van der Waals surface area contributed by atoms with Crippen molar-refractivity contribution in [3.05, 3.63) is 69.1 Å². The van der Waals surface area contributed by atoms with Gasteiger partial charge < -0.3 is 25.5 Å². The van der Waals surface area contributed by atoms with Crippen LogP contribution in [0.15, 0.2) is 58.0 Å². The maximum absolute atomic E-state index is 10.7. The van der Waals surface area contributed by atoms with Gasteiger partial charge in [-0.2, -0.15) is 4.98 Å². The number of thiazole rings is 1. The molecule has 9 nitrogen and oxygen atoms in total. The number of hydrogen-bond acceptors (Lipinski definition) is 10. The normalized spacial score (nSPS) is 17.2. The molecule has 2 aliphatic rings. The van der Waals surface area contributed by atoms with Gasteiger partial charge in [0.05, 0.1) is 21.3 Å². The number of likely N-dealkylation sites (N-methyl/N-ethyl adjacent to an activating group) is 1. The molecule has 0 amide bonds. The predicted octanol–water partition coefficient (Wildman–Crippen LogP) is 6.60. The van der Waals surface area contributed by atoms with Gasteiger partial charge in [-0.3, -0.25) is 4.90 Å². The van der Waals surface area contributed by atoms with Crippen LogP contribution in [0.25, 0.3) is 11.3 Å². The first-order valence-electron chi connectivity index (χ1n) is 15.2. The summed E-state index contributed by atoms with van der Waals surface area (Å²) in [6, 6.07) is 12.8. The highest BCUT2D eigenvalue weighted by molar-refractivity contribution is 9.10. The Bertz CT molecular complexity index is 1580. The van der Waals surface area contributed by atoms with Crippen molar-refractivity contribution in [1.82, 2.24) is 24.8 Å². The number of anilines is 5. The highest BCUT2D eigenvalue weighted by Crippen LogP contribution is 2.38.